The first-order chi connectivity index (χ1) is 20.2. The SMILES string of the molecule is N#Cc1cccc(CN2CCN3C(=O)c4cc(-c5cccc(C(F)(F)F)c5)ccc4NC(=O)C3C2)c1.O=C(O)C(F)(F)F. The third-order valence-corrected chi connectivity index (χ3v) is 6.76. The fourth-order valence-electron chi connectivity index (χ4n) is 4.70. The highest BCUT2D eigenvalue weighted by Crippen LogP contribution is 2.34. The molecule has 2 aliphatic heterocycles. The Morgan fingerprint density at radius 1 is 0.953 bits per heavy atom. The first kappa shape index (κ1) is 31.0. The van der Waals surface area contributed by atoms with Gasteiger partial charge in [-0.05, 0) is 53.1 Å². The molecule has 8 nitrogen and oxygen atoms in total. The van der Waals surface area contributed by atoms with Gasteiger partial charge in [-0.15, -0.1) is 0 Å². The molecule has 3 aromatic rings. The van der Waals surface area contributed by atoms with Gasteiger partial charge < -0.3 is 15.3 Å². The van der Waals surface area contributed by atoms with Crippen molar-refractivity contribution in [2.24, 2.45) is 0 Å². The third kappa shape index (κ3) is 7.31. The standard InChI is InChI=1S/C27H21F3N4O2.C2HF3O2/c28-27(29,30)21-6-2-5-19(12-21)20-7-8-23-22(13-20)26(36)34-10-9-33(16-24(34)25(35)32-23)15-18-4-1-3-17(11-18)14-31;3-2(4,5)1(6)7/h1-8,11-13,24H,9-10,15-16H2,(H,32,35);(H,6,7). The first-order valence-corrected chi connectivity index (χ1v) is 12.6. The van der Waals surface area contributed by atoms with Crippen LogP contribution in [-0.4, -0.2) is 64.5 Å². The minimum Gasteiger partial charge on any atom is -0.475 e. The summed E-state index contributed by atoms with van der Waals surface area (Å²) >= 11 is 0. The second-order valence-corrected chi connectivity index (χ2v) is 9.69. The van der Waals surface area contributed by atoms with Crippen LogP contribution < -0.4 is 5.32 Å². The predicted molar refractivity (Wildman–Crippen MR) is 140 cm³/mol. The zero-order valence-corrected chi connectivity index (χ0v) is 22.0. The lowest BCUT2D eigenvalue weighted by molar-refractivity contribution is -0.192. The largest absolute Gasteiger partial charge is 0.490 e. The van der Waals surface area contributed by atoms with Crippen molar-refractivity contribution in [3.8, 4) is 17.2 Å². The van der Waals surface area contributed by atoms with Crippen LogP contribution in [0.4, 0.5) is 32.0 Å². The number of aliphatic carboxylic acids is 1. The molecule has 43 heavy (non-hydrogen) atoms. The summed E-state index contributed by atoms with van der Waals surface area (Å²) < 4.78 is 71.3. The summed E-state index contributed by atoms with van der Waals surface area (Å²) in [6.07, 6.45) is -9.56. The van der Waals surface area contributed by atoms with Crippen molar-refractivity contribution in [1.82, 2.24) is 9.80 Å². The lowest BCUT2D eigenvalue weighted by Gasteiger charge is -2.39. The van der Waals surface area contributed by atoms with E-state index in [-0.39, 0.29) is 17.4 Å². The predicted octanol–water partition coefficient (Wildman–Crippen LogP) is 5.16. The summed E-state index contributed by atoms with van der Waals surface area (Å²) in [6, 6.07) is 18.3. The molecule has 1 saturated heterocycles. The number of alkyl halides is 6. The molecule has 0 aromatic heterocycles. The molecule has 0 saturated carbocycles. The van der Waals surface area contributed by atoms with Gasteiger partial charge in [0, 0.05) is 26.2 Å². The third-order valence-electron chi connectivity index (χ3n) is 6.76. The number of halogens is 6. The van der Waals surface area contributed by atoms with Crippen molar-refractivity contribution in [3.63, 3.8) is 0 Å². The molecule has 2 aliphatic rings. The zero-order valence-electron chi connectivity index (χ0n) is 22.0. The Morgan fingerprint density at radius 2 is 1.63 bits per heavy atom. The molecular formula is C29H22F6N4O4. The smallest absolute Gasteiger partial charge is 0.475 e. The fraction of sp³-hybridized carbons (Fsp3) is 0.241. The van der Waals surface area contributed by atoms with Gasteiger partial charge >= 0.3 is 18.3 Å². The summed E-state index contributed by atoms with van der Waals surface area (Å²) in [5, 5.41) is 19.1. The number of nitrogens with zero attached hydrogens (tertiary/aromatic N) is 3. The molecule has 0 aliphatic carbocycles. The van der Waals surface area contributed by atoms with Gasteiger partial charge in [-0.3, -0.25) is 14.5 Å². The second-order valence-electron chi connectivity index (χ2n) is 9.69. The number of fused-ring (bicyclic) bond motifs is 2. The molecule has 1 unspecified atom stereocenters. The van der Waals surface area contributed by atoms with E-state index in [9.17, 15) is 35.9 Å². The molecule has 3 aromatic carbocycles. The molecule has 2 N–H and O–H groups in total. The molecule has 2 amide bonds. The van der Waals surface area contributed by atoms with Gasteiger partial charge in [0.05, 0.1) is 28.4 Å². The van der Waals surface area contributed by atoms with E-state index < -0.39 is 29.9 Å². The summed E-state index contributed by atoms with van der Waals surface area (Å²) in [5.41, 5.74) is 2.09. The Kier molecular flexibility index (Phi) is 8.77. The number of hydrogen-bond donors (Lipinski definition) is 2. The zero-order chi connectivity index (χ0) is 31.5. The van der Waals surface area contributed by atoms with Crippen LogP contribution in [0.3, 0.4) is 0 Å². The molecule has 0 bridgehead atoms. The lowest BCUT2D eigenvalue weighted by atomic mass is 9.99. The molecule has 1 fully saturated rings. The number of nitriles is 1. The lowest BCUT2D eigenvalue weighted by Crippen LogP contribution is -2.58. The van der Waals surface area contributed by atoms with Crippen molar-refractivity contribution in [3.05, 3.63) is 89.0 Å². The number of hydrogen-bond acceptors (Lipinski definition) is 5. The number of carboxylic acid groups (broad SMARTS) is 1. The quantitative estimate of drug-likeness (QED) is 0.400. The van der Waals surface area contributed by atoms with E-state index in [1.54, 1.807) is 30.3 Å². The Morgan fingerprint density at radius 3 is 2.28 bits per heavy atom. The maximum atomic E-state index is 13.5. The molecule has 5 rings (SSSR count). The molecule has 224 valence electrons. The highest BCUT2D eigenvalue weighted by Gasteiger charge is 2.40. The molecule has 0 radical (unpaired) electrons. The van der Waals surface area contributed by atoms with Gasteiger partial charge in [0.1, 0.15) is 6.04 Å². The molecule has 14 heteroatoms. The number of nitrogens with one attached hydrogen (secondary N) is 1. The van der Waals surface area contributed by atoms with Crippen LogP contribution in [0.15, 0.2) is 66.7 Å². The number of piperazine rings is 1. The van der Waals surface area contributed by atoms with Crippen molar-refractivity contribution >= 4 is 23.5 Å². The number of carbonyl (C=O) groups excluding carboxylic acids is 2. The van der Waals surface area contributed by atoms with Gasteiger partial charge in [0.15, 0.2) is 0 Å². The van der Waals surface area contributed by atoms with E-state index in [0.717, 1.165) is 17.7 Å². The average molecular weight is 605 g/mol. The number of carbonyl (C=O) groups is 3. The van der Waals surface area contributed by atoms with Crippen LogP contribution >= 0.6 is 0 Å². The molecule has 1 atom stereocenters. The van der Waals surface area contributed by atoms with Crippen LogP contribution in [-0.2, 0) is 22.3 Å². The van der Waals surface area contributed by atoms with Crippen LogP contribution in [0.5, 0.6) is 0 Å². The minimum absolute atomic E-state index is 0.246. The summed E-state index contributed by atoms with van der Waals surface area (Å²) in [6.45, 7) is 1.72. The number of rotatable bonds is 3. The van der Waals surface area contributed by atoms with E-state index in [1.807, 2.05) is 12.1 Å². The Labute approximate surface area is 240 Å². The van der Waals surface area contributed by atoms with Crippen molar-refractivity contribution < 1.29 is 45.8 Å². The topological polar surface area (TPSA) is 114 Å². The van der Waals surface area contributed by atoms with E-state index in [0.29, 0.717) is 48.6 Å². The summed E-state index contributed by atoms with van der Waals surface area (Å²) in [5.74, 6) is -3.41. The highest BCUT2D eigenvalue weighted by molar-refractivity contribution is 6.10. The number of anilines is 1. The van der Waals surface area contributed by atoms with Crippen LogP contribution in [0.25, 0.3) is 11.1 Å². The molecule has 2 heterocycles. The van der Waals surface area contributed by atoms with Gasteiger partial charge in [0.2, 0.25) is 5.91 Å². The minimum atomic E-state index is -5.08. The molecular weight excluding hydrogens is 582 g/mol. The highest BCUT2D eigenvalue weighted by atomic mass is 19.4. The van der Waals surface area contributed by atoms with Crippen LogP contribution in [0.2, 0.25) is 0 Å². The Bertz CT molecular complexity index is 1600. The van der Waals surface area contributed by atoms with E-state index >= 15 is 0 Å². The van der Waals surface area contributed by atoms with Crippen molar-refractivity contribution in [2.45, 2.75) is 24.9 Å². The van der Waals surface area contributed by atoms with E-state index in [1.165, 1.54) is 17.0 Å². The fourth-order valence-corrected chi connectivity index (χ4v) is 4.70. The number of amides is 2. The van der Waals surface area contributed by atoms with Gasteiger partial charge in [-0.1, -0.05) is 30.3 Å². The van der Waals surface area contributed by atoms with Crippen LogP contribution in [0.1, 0.15) is 27.0 Å². The maximum Gasteiger partial charge on any atom is 0.490 e. The van der Waals surface area contributed by atoms with Gasteiger partial charge in [-0.25, -0.2) is 4.79 Å². The Hall–Kier alpha value is -4.90. The second kappa shape index (κ2) is 12.1. The van der Waals surface area contributed by atoms with Crippen molar-refractivity contribution in [1.29, 1.82) is 5.26 Å². The van der Waals surface area contributed by atoms with Crippen LogP contribution in [0, 0.1) is 11.3 Å². The van der Waals surface area contributed by atoms with Crippen molar-refractivity contribution in [2.75, 3.05) is 25.0 Å². The number of benzene rings is 3. The number of carboxylic acids is 1. The monoisotopic (exact) mass is 604 g/mol. The Balaban J connectivity index is 0.000000541. The molecule has 0 spiro atoms. The van der Waals surface area contributed by atoms with Gasteiger partial charge in [0.25, 0.3) is 5.91 Å². The summed E-state index contributed by atoms with van der Waals surface area (Å²) in [7, 11) is 0. The average Bonchev–Trinajstić information content (AvgIpc) is 3.06. The normalized spacial score (nSPS) is 17.0. The van der Waals surface area contributed by atoms with Gasteiger partial charge in [-0.2, -0.15) is 31.6 Å². The van der Waals surface area contributed by atoms with E-state index in [2.05, 4.69) is 16.3 Å². The summed E-state index contributed by atoms with van der Waals surface area (Å²) in [4.78, 5) is 39.0. The van der Waals surface area contributed by atoms with E-state index in [4.69, 9.17) is 15.2 Å². The first-order valence-electron chi connectivity index (χ1n) is 12.6. The maximum absolute atomic E-state index is 13.5.